The first kappa shape index (κ1) is 14.0. The number of hydrogen-bond acceptors (Lipinski definition) is 1. The summed E-state index contributed by atoms with van der Waals surface area (Å²) in [7, 11) is 2.05. The molecular formula is C13H29N. The van der Waals surface area contributed by atoms with Gasteiger partial charge in [-0.15, -0.1) is 0 Å². The van der Waals surface area contributed by atoms with Gasteiger partial charge in [-0.05, 0) is 43.7 Å². The van der Waals surface area contributed by atoms with Gasteiger partial charge in [0.15, 0.2) is 0 Å². The van der Waals surface area contributed by atoms with Gasteiger partial charge in [-0.1, -0.05) is 41.0 Å². The first-order valence-electron chi connectivity index (χ1n) is 6.17. The second-order valence-corrected chi connectivity index (χ2v) is 5.16. The van der Waals surface area contributed by atoms with Crippen LogP contribution in [-0.2, 0) is 0 Å². The van der Waals surface area contributed by atoms with Crippen LogP contribution in [-0.4, -0.2) is 13.6 Å². The van der Waals surface area contributed by atoms with Crippen LogP contribution in [0.25, 0.3) is 0 Å². The van der Waals surface area contributed by atoms with Crippen molar-refractivity contribution < 1.29 is 0 Å². The predicted octanol–water partition coefficient (Wildman–Crippen LogP) is 3.55. The molecule has 0 rings (SSSR count). The molecule has 0 aliphatic heterocycles. The Morgan fingerprint density at radius 1 is 1.00 bits per heavy atom. The Hall–Kier alpha value is -0.0400. The van der Waals surface area contributed by atoms with E-state index in [9.17, 15) is 0 Å². The highest BCUT2D eigenvalue weighted by molar-refractivity contribution is 4.71. The number of hydrogen-bond donors (Lipinski definition) is 1. The lowest BCUT2D eigenvalue weighted by Crippen LogP contribution is -2.25. The zero-order chi connectivity index (χ0) is 11.1. The summed E-state index contributed by atoms with van der Waals surface area (Å²) in [6.07, 6.45) is 2.71. The van der Waals surface area contributed by atoms with Crippen molar-refractivity contribution in [2.24, 2.45) is 23.7 Å². The molecule has 1 N–H and O–H groups in total. The molecule has 0 aliphatic carbocycles. The van der Waals surface area contributed by atoms with Gasteiger partial charge in [0.1, 0.15) is 0 Å². The zero-order valence-electron chi connectivity index (χ0n) is 10.9. The van der Waals surface area contributed by atoms with Crippen molar-refractivity contribution in [1.82, 2.24) is 5.32 Å². The maximum atomic E-state index is 3.28. The summed E-state index contributed by atoms with van der Waals surface area (Å²) in [5, 5.41) is 3.28. The van der Waals surface area contributed by atoms with Crippen LogP contribution in [0.2, 0.25) is 0 Å². The van der Waals surface area contributed by atoms with Gasteiger partial charge < -0.3 is 5.32 Å². The summed E-state index contributed by atoms with van der Waals surface area (Å²) in [4.78, 5) is 0. The highest BCUT2D eigenvalue weighted by Gasteiger charge is 2.19. The van der Waals surface area contributed by atoms with Crippen LogP contribution in [0.15, 0.2) is 0 Å². The average Bonchev–Trinajstić information content (AvgIpc) is 2.13. The molecule has 1 heteroatoms. The molecule has 0 amide bonds. The molecule has 1 nitrogen and oxygen atoms in total. The Labute approximate surface area is 90.7 Å². The van der Waals surface area contributed by atoms with Crippen LogP contribution in [0.1, 0.15) is 47.5 Å². The molecule has 0 aromatic heterocycles. The molecule has 0 bridgehead atoms. The Balaban J connectivity index is 4.00. The van der Waals surface area contributed by atoms with Gasteiger partial charge in [-0.3, -0.25) is 0 Å². The smallest absolute Gasteiger partial charge is 0.00235 e. The molecule has 0 spiro atoms. The van der Waals surface area contributed by atoms with E-state index in [4.69, 9.17) is 0 Å². The van der Waals surface area contributed by atoms with Crippen LogP contribution < -0.4 is 5.32 Å². The summed E-state index contributed by atoms with van der Waals surface area (Å²) < 4.78 is 0. The monoisotopic (exact) mass is 199 g/mol. The molecule has 0 saturated heterocycles. The molecular weight excluding hydrogens is 170 g/mol. The third-order valence-corrected chi connectivity index (χ3v) is 3.67. The standard InChI is InChI=1S/C13H29N/c1-7-13(12(5)9-14-6)8-11(4)10(2)3/h10-14H,7-9H2,1-6H3. The van der Waals surface area contributed by atoms with E-state index in [1.807, 2.05) is 0 Å². The molecule has 0 fully saturated rings. The van der Waals surface area contributed by atoms with E-state index in [2.05, 4.69) is 47.0 Å². The maximum Gasteiger partial charge on any atom is -0.00235 e. The topological polar surface area (TPSA) is 12.0 Å². The minimum absolute atomic E-state index is 0.811. The van der Waals surface area contributed by atoms with Gasteiger partial charge in [-0.25, -0.2) is 0 Å². The van der Waals surface area contributed by atoms with E-state index in [1.165, 1.54) is 12.8 Å². The van der Waals surface area contributed by atoms with E-state index in [0.29, 0.717) is 0 Å². The molecule has 0 aliphatic rings. The van der Waals surface area contributed by atoms with Gasteiger partial charge in [-0.2, -0.15) is 0 Å². The fraction of sp³-hybridized carbons (Fsp3) is 1.00. The van der Waals surface area contributed by atoms with Crippen molar-refractivity contribution in [2.45, 2.75) is 47.5 Å². The van der Waals surface area contributed by atoms with Gasteiger partial charge in [0.05, 0.1) is 0 Å². The summed E-state index contributed by atoms with van der Waals surface area (Å²) >= 11 is 0. The van der Waals surface area contributed by atoms with Crippen molar-refractivity contribution in [3.8, 4) is 0 Å². The van der Waals surface area contributed by atoms with Crippen LogP contribution >= 0.6 is 0 Å². The highest BCUT2D eigenvalue weighted by atomic mass is 14.8. The quantitative estimate of drug-likeness (QED) is 0.661. The van der Waals surface area contributed by atoms with E-state index >= 15 is 0 Å². The molecule has 14 heavy (non-hydrogen) atoms. The minimum atomic E-state index is 0.811. The van der Waals surface area contributed by atoms with E-state index in [0.717, 1.165) is 30.2 Å². The SMILES string of the molecule is CCC(CC(C)C(C)C)C(C)CNC. The fourth-order valence-corrected chi connectivity index (χ4v) is 2.04. The first-order valence-corrected chi connectivity index (χ1v) is 6.17. The van der Waals surface area contributed by atoms with Crippen LogP contribution in [0.3, 0.4) is 0 Å². The Bertz CT molecular complexity index is 131. The lowest BCUT2D eigenvalue weighted by atomic mass is 9.80. The van der Waals surface area contributed by atoms with E-state index < -0.39 is 0 Å². The molecule has 0 aromatic rings. The average molecular weight is 199 g/mol. The zero-order valence-corrected chi connectivity index (χ0v) is 10.9. The third kappa shape index (κ3) is 4.99. The molecule has 0 aromatic carbocycles. The number of nitrogens with one attached hydrogen (secondary N) is 1. The van der Waals surface area contributed by atoms with Gasteiger partial charge in [0.2, 0.25) is 0 Å². The van der Waals surface area contributed by atoms with Gasteiger partial charge in [0.25, 0.3) is 0 Å². The molecule has 3 unspecified atom stereocenters. The number of rotatable bonds is 7. The van der Waals surface area contributed by atoms with Crippen molar-refractivity contribution >= 4 is 0 Å². The van der Waals surface area contributed by atoms with Crippen LogP contribution in [0.4, 0.5) is 0 Å². The second-order valence-electron chi connectivity index (χ2n) is 5.16. The lowest BCUT2D eigenvalue weighted by molar-refractivity contribution is 0.246. The van der Waals surface area contributed by atoms with Crippen molar-refractivity contribution in [2.75, 3.05) is 13.6 Å². The Morgan fingerprint density at radius 2 is 1.57 bits per heavy atom. The van der Waals surface area contributed by atoms with Crippen LogP contribution in [0, 0.1) is 23.7 Å². The molecule has 0 saturated carbocycles. The fourth-order valence-electron chi connectivity index (χ4n) is 2.04. The van der Waals surface area contributed by atoms with E-state index in [-0.39, 0.29) is 0 Å². The molecule has 0 radical (unpaired) electrons. The van der Waals surface area contributed by atoms with Crippen molar-refractivity contribution in [1.29, 1.82) is 0 Å². The van der Waals surface area contributed by atoms with Gasteiger partial charge in [0, 0.05) is 0 Å². The van der Waals surface area contributed by atoms with Gasteiger partial charge >= 0.3 is 0 Å². The van der Waals surface area contributed by atoms with E-state index in [1.54, 1.807) is 0 Å². The Morgan fingerprint density at radius 3 is 1.93 bits per heavy atom. The molecule has 86 valence electrons. The molecule has 0 heterocycles. The highest BCUT2D eigenvalue weighted by Crippen LogP contribution is 2.27. The predicted molar refractivity (Wildman–Crippen MR) is 65.5 cm³/mol. The summed E-state index contributed by atoms with van der Waals surface area (Å²) in [5.41, 5.74) is 0. The third-order valence-electron chi connectivity index (χ3n) is 3.67. The second kappa shape index (κ2) is 7.28. The first-order chi connectivity index (χ1) is 6.52. The summed E-state index contributed by atoms with van der Waals surface area (Å²) in [6, 6.07) is 0. The maximum absolute atomic E-state index is 3.28. The normalized spacial score (nSPS) is 18.2. The Kier molecular flexibility index (Phi) is 7.26. The molecule has 3 atom stereocenters. The minimum Gasteiger partial charge on any atom is -0.319 e. The summed E-state index contributed by atoms with van der Waals surface area (Å²) in [5.74, 6) is 3.39. The van der Waals surface area contributed by atoms with Crippen molar-refractivity contribution in [3.63, 3.8) is 0 Å². The summed E-state index contributed by atoms with van der Waals surface area (Å²) in [6.45, 7) is 12.9. The lowest BCUT2D eigenvalue weighted by Gasteiger charge is -2.27. The largest absolute Gasteiger partial charge is 0.319 e. The van der Waals surface area contributed by atoms with Crippen LogP contribution in [0.5, 0.6) is 0 Å². The van der Waals surface area contributed by atoms with Crippen molar-refractivity contribution in [3.05, 3.63) is 0 Å².